The monoisotopic (exact) mass is 172 g/mol. The maximum atomic E-state index is 10.9. The van der Waals surface area contributed by atoms with Crippen molar-refractivity contribution in [1.29, 1.82) is 0 Å². The zero-order valence-electron chi connectivity index (χ0n) is 7.67. The van der Waals surface area contributed by atoms with E-state index >= 15 is 0 Å². The minimum atomic E-state index is -0.198. The summed E-state index contributed by atoms with van der Waals surface area (Å²) in [4.78, 5) is 12.5. The second kappa shape index (κ2) is 4.30. The van der Waals surface area contributed by atoms with Gasteiger partial charge in [-0.1, -0.05) is 0 Å². The van der Waals surface area contributed by atoms with Crippen molar-refractivity contribution in [3.63, 3.8) is 0 Å². The Hall–Kier alpha value is -0.770. The van der Waals surface area contributed by atoms with Crippen LogP contribution in [0, 0.1) is 5.92 Å². The SMILES string of the molecule is CNCCC1COC(=O)N(C)C1. The zero-order chi connectivity index (χ0) is 8.97. The Morgan fingerprint density at radius 2 is 2.50 bits per heavy atom. The lowest BCUT2D eigenvalue weighted by molar-refractivity contribution is 0.0509. The topological polar surface area (TPSA) is 41.6 Å². The Bertz CT molecular complexity index is 161. The van der Waals surface area contributed by atoms with Crippen LogP contribution in [0.2, 0.25) is 0 Å². The van der Waals surface area contributed by atoms with Gasteiger partial charge < -0.3 is 15.0 Å². The van der Waals surface area contributed by atoms with Gasteiger partial charge in [0.05, 0.1) is 6.61 Å². The van der Waals surface area contributed by atoms with Crippen molar-refractivity contribution < 1.29 is 9.53 Å². The molecule has 0 bridgehead atoms. The number of hydrogen-bond acceptors (Lipinski definition) is 3. The lowest BCUT2D eigenvalue weighted by atomic mass is 10.1. The van der Waals surface area contributed by atoms with Gasteiger partial charge >= 0.3 is 6.09 Å². The average Bonchev–Trinajstić information content (AvgIpc) is 2.07. The lowest BCUT2D eigenvalue weighted by Crippen LogP contribution is -2.41. The van der Waals surface area contributed by atoms with Gasteiger partial charge in [-0.05, 0) is 20.0 Å². The molecule has 4 nitrogen and oxygen atoms in total. The normalized spacial score (nSPS) is 24.0. The van der Waals surface area contributed by atoms with Crippen molar-refractivity contribution in [2.45, 2.75) is 6.42 Å². The van der Waals surface area contributed by atoms with Gasteiger partial charge in [0, 0.05) is 19.5 Å². The molecule has 1 amide bonds. The molecule has 1 unspecified atom stereocenters. The third-order valence-electron chi connectivity index (χ3n) is 2.09. The molecule has 0 spiro atoms. The van der Waals surface area contributed by atoms with Crippen LogP contribution < -0.4 is 5.32 Å². The van der Waals surface area contributed by atoms with Gasteiger partial charge in [0.15, 0.2) is 0 Å². The third kappa shape index (κ3) is 2.37. The van der Waals surface area contributed by atoms with Crippen molar-refractivity contribution in [1.82, 2.24) is 10.2 Å². The first-order valence-electron chi connectivity index (χ1n) is 4.26. The van der Waals surface area contributed by atoms with Gasteiger partial charge in [0.1, 0.15) is 0 Å². The summed E-state index contributed by atoms with van der Waals surface area (Å²) in [5, 5.41) is 3.08. The molecule has 1 fully saturated rings. The first-order valence-corrected chi connectivity index (χ1v) is 4.26. The molecule has 0 aliphatic carbocycles. The van der Waals surface area contributed by atoms with Crippen LogP contribution in [0.15, 0.2) is 0 Å². The van der Waals surface area contributed by atoms with Crippen LogP contribution in [0.25, 0.3) is 0 Å². The van der Waals surface area contributed by atoms with Crippen LogP contribution in [-0.2, 0) is 4.74 Å². The minimum absolute atomic E-state index is 0.198. The first kappa shape index (κ1) is 9.32. The standard InChI is InChI=1S/C8H16N2O2/c1-9-4-3-7-5-10(2)8(11)12-6-7/h7,9H,3-6H2,1-2H3. The second-order valence-electron chi connectivity index (χ2n) is 3.22. The molecule has 0 aromatic carbocycles. The summed E-state index contributed by atoms with van der Waals surface area (Å²) in [6, 6.07) is 0. The van der Waals surface area contributed by atoms with E-state index in [1.165, 1.54) is 0 Å². The molecule has 1 atom stereocenters. The van der Waals surface area contributed by atoms with Gasteiger partial charge in [-0.3, -0.25) is 0 Å². The molecular weight excluding hydrogens is 156 g/mol. The Morgan fingerprint density at radius 1 is 1.75 bits per heavy atom. The first-order chi connectivity index (χ1) is 5.74. The Labute approximate surface area is 72.9 Å². The highest BCUT2D eigenvalue weighted by Gasteiger charge is 2.23. The van der Waals surface area contributed by atoms with Crippen molar-refractivity contribution in [2.75, 3.05) is 33.8 Å². The lowest BCUT2D eigenvalue weighted by Gasteiger charge is -2.29. The summed E-state index contributed by atoms with van der Waals surface area (Å²) in [7, 11) is 3.70. The summed E-state index contributed by atoms with van der Waals surface area (Å²) in [6.45, 7) is 2.38. The Morgan fingerprint density at radius 3 is 3.08 bits per heavy atom. The Kier molecular flexibility index (Phi) is 3.34. The van der Waals surface area contributed by atoms with Crippen LogP contribution in [-0.4, -0.2) is 44.8 Å². The van der Waals surface area contributed by atoms with E-state index in [2.05, 4.69) is 5.32 Å². The molecule has 12 heavy (non-hydrogen) atoms. The molecule has 0 aromatic heterocycles. The highest BCUT2D eigenvalue weighted by molar-refractivity contribution is 5.67. The van der Waals surface area contributed by atoms with Crippen molar-refractivity contribution in [3.8, 4) is 0 Å². The van der Waals surface area contributed by atoms with Gasteiger partial charge in [0.2, 0.25) is 0 Å². The molecule has 4 heteroatoms. The van der Waals surface area contributed by atoms with Crippen LogP contribution in [0.1, 0.15) is 6.42 Å². The highest BCUT2D eigenvalue weighted by Crippen LogP contribution is 2.11. The number of hydrogen-bond donors (Lipinski definition) is 1. The minimum Gasteiger partial charge on any atom is -0.449 e. The van der Waals surface area contributed by atoms with Crippen LogP contribution in [0.3, 0.4) is 0 Å². The van der Waals surface area contributed by atoms with Crippen LogP contribution in [0.4, 0.5) is 4.79 Å². The van der Waals surface area contributed by atoms with E-state index in [4.69, 9.17) is 4.74 Å². The van der Waals surface area contributed by atoms with Crippen molar-refractivity contribution in [3.05, 3.63) is 0 Å². The number of nitrogens with one attached hydrogen (secondary N) is 1. The van der Waals surface area contributed by atoms with Gasteiger partial charge in [-0.2, -0.15) is 0 Å². The zero-order valence-corrected chi connectivity index (χ0v) is 7.67. The second-order valence-corrected chi connectivity index (χ2v) is 3.22. The fourth-order valence-corrected chi connectivity index (χ4v) is 1.34. The molecule has 1 saturated heterocycles. The summed E-state index contributed by atoms with van der Waals surface area (Å²) in [5.74, 6) is 0.486. The van der Waals surface area contributed by atoms with Gasteiger partial charge in [-0.25, -0.2) is 4.79 Å². The molecule has 1 aliphatic rings. The molecule has 1 N–H and O–H groups in total. The van der Waals surface area contributed by atoms with Crippen molar-refractivity contribution >= 4 is 6.09 Å². The van der Waals surface area contributed by atoms with Crippen molar-refractivity contribution in [2.24, 2.45) is 5.92 Å². The van der Waals surface area contributed by atoms with Crippen LogP contribution >= 0.6 is 0 Å². The quantitative estimate of drug-likeness (QED) is 0.665. The van der Waals surface area contributed by atoms with E-state index in [1.54, 1.807) is 11.9 Å². The number of rotatable bonds is 3. The molecular formula is C8H16N2O2. The highest BCUT2D eigenvalue weighted by atomic mass is 16.6. The smallest absolute Gasteiger partial charge is 0.409 e. The maximum absolute atomic E-state index is 10.9. The number of nitrogens with zero attached hydrogens (tertiary/aromatic N) is 1. The summed E-state index contributed by atoms with van der Waals surface area (Å²) in [5.41, 5.74) is 0. The summed E-state index contributed by atoms with van der Waals surface area (Å²) in [6.07, 6.45) is 0.865. The predicted octanol–water partition coefficient (Wildman–Crippen LogP) is 0.294. The summed E-state index contributed by atoms with van der Waals surface area (Å²) < 4.78 is 4.96. The molecule has 0 radical (unpaired) electrons. The largest absolute Gasteiger partial charge is 0.449 e. The number of carbonyl (C=O) groups is 1. The van der Waals surface area contributed by atoms with E-state index < -0.39 is 0 Å². The number of amides is 1. The van der Waals surface area contributed by atoms with E-state index in [1.807, 2.05) is 7.05 Å². The number of ether oxygens (including phenoxy) is 1. The molecule has 1 aliphatic heterocycles. The van der Waals surface area contributed by atoms with E-state index in [0.717, 1.165) is 19.5 Å². The summed E-state index contributed by atoms with van der Waals surface area (Å²) >= 11 is 0. The number of carbonyl (C=O) groups excluding carboxylic acids is 1. The molecule has 0 saturated carbocycles. The third-order valence-corrected chi connectivity index (χ3v) is 2.09. The molecule has 0 aromatic rings. The molecule has 1 heterocycles. The van der Waals surface area contributed by atoms with Crippen LogP contribution in [0.5, 0.6) is 0 Å². The number of cyclic esters (lactones) is 1. The van der Waals surface area contributed by atoms with E-state index in [9.17, 15) is 4.79 Å². The maximum Gasteiger partial charge on any atom is 0.409 e. The fourth-order valence-electron chi connectivity index (χ4n) is 1.34. The predicted molar refractivity (Wildman–Crippen MR) is 46.0 cm³/mol. The van der Waals surface area contributed by atoms with Gasteiger partial charge in [-0.15, -0.1) is 0 Å². The van der Waals surface area contributed by atoms with E-state index in [-0.39, 0.29) is 6.09 Å². The van der Waals surface area contributed by atoms with E-state index in [0.29, 0.717) is 12.5 Å². The van der Waals surface area contributed by atoms with Gasteiger partial charge in [0.25, 0.3) is 0 Å². The molecule has 1 rings (SSSR count). The average molecular weight is 172 g/mol. The molecule has 70 valence electrons. The Balaban J connectivity index is 2.25. The fraction of sp³-hybridized carbons (Fsp3) is 0.875.